The van der Waals surface area contributed by atoms with Gasteiger partial charge >= 0.3 is 0 Å². The van der Waals surface area contributed by atoms with Gasteiger partial charge < -0.3 is 9.32 Å². The Morgan fingerprint density at radius 1 is 1.16 bits per heavy atom. The Morgan fingerprint density at radius 3 is 2.72 bits per heavy atom. The van der Waals surface area contributed by atoms with Gasteiger partial charge in [-0.15, -0.1) is 21.5 Å². The van der Waals surface area contributed by atoms with E-state index in [-0.39, 0.29) is 18.4 Å². The number of nitrogens with zero attached hydrogens (tertiary/aromatic N) is 4. The number of benzene rings is 2. The minimum absolute atomic E-state index is 0.0276. The van der Waals surface area contributed by atoms with Gasteiger partial charge in [0.1, 0.15) is 5.01 Å². The smallest absolute Gasteiger partial charge is 0.247 e. The fourth-order valence-corrected chi connectivity index (χ4v) is 4.48. The maximum atomic E-state index is 13.1. The lowest BCUT2D eigenvalue weighted by Crippen LogP contribution is -2.34. The lowest BCUT2D eigenvalue weighted by Gasteiger charge is -2.20. The van der Waals surface area contributed by atoms with Crippen molar-refractivity contribution in [1.29, 1.82) is 0 Å². The Hall–Kier alpha value is -3.03. The summed E-state index contributed by atoms with van der Waals surface area (Å²) in [5.41, 5.74) is 3.85. The van der Waals surface area contributed by atoms with Crippen molar-refractivity contribution >= 4 is 28.8 Å². The van der Waals surface area contributed by atoms with E-state index in [1.54, 1.807) is 23.5 Å². The molecule has 6 nitrogen and oxygen atoms in total. The summed E-state index contributed by atoms with van der Waals surface area (Å²) in [6.45, 7) is 2.36. The fourth-order valence-electron chi connectivity index (χ4n) is 3.53. The molecule has 162 valence electrons. The highest BCUT2D eigenvalue weighted by molar-refractivity contribution is 7.13. The number of halogens is 1. The highest BCUT2D eigenvalue weighted by Gasteiger charge is 2.34. The van der Waals surface area contributed by atoms with Gasteiger partial charge in [0.15, 0.2) is 0 Å². The zero-order chi connectivity index (χ0) is 22.1. The van der Waals surface area contributed by atoms with Crippen LogP contribution >= 0.6 is 22.9 Å². The molecule has 0 spiro atoms. The van der Waals surface area contributed by atoms with Crippen molar-refractivity contribution in [2.45, 2.75) is 38.8 Å². The molecule has 2 aromatic heterocycles. The summed E-state index contributed by atoms with van der Waals surface area (Å²) in [4.78, 5) is 19.6. The quantitative estimate of drug-likeness (QED) is 0.358. The summed E-state index contributed by atoms with van der Waals surface area (Å²) in [7, 11) is 0. The van der Waals surface area contributed by atoms with Gasteiger partial charge in [0.2, 0.25) is 17.7 Å². The Morgan fingerprint density at radius 2 is 1.97 bits per heavy atom. The van der Waals surface area contributed by atoms with E-state index < -0.39 is 0 Å². The van der Waals surface area contributed by atoms with Crippen LogP contribution in [0.15, 0.2) is 58.3 Å². The number of carbonyl (C=O) groups is 1. The van der Waals surface area contributed by atoms with E-state index in [0.29, 0.717) is 23.3 Å². The van der Waals surface area contributed by atoms with E-state index in [2.05, 4.69) is 29.3 Å². The number of rotatable bonds is 7. The van der Waals surface area contributed by atoms with Crippen LogP contribution in [0, 0.1) is 6.92 Å². The Balaban J connectivity index is 1.28. The topological polar surface area (TPSA) is 72.1 Å². The summed E-state index contributed by atoms with van der Waals surface area (Å²) in [6, 6.07) is 15.7. The van der Waals surface area contributed by atoms with E-state index in [1.807, 2.05) is 34.5 Å². The van der Waals surface area contributed by atoms with Gasteiger partial charge in [-0.1, -0.05) is 35.4 Å². The Labute approximate surface area is 194 Å². The Kier molecular flexibility index (Phi) is 5.76. The molecular formula is C24H21ClN4O2S. The molecule has 0 bridgehead atoms. The molecule has 0 unspecified atom stereocenters. The van der Waals surface area contributed by atoms with Crippen molar-refractivity contribution in [2.24, 2.45) is 0 Å². The third-order valence-electron chi connectivity index (χ3n) is 5.32. The third kappa shape index (κ3) is 4.74. The van der Waals surface area contributed by atoms with E-state index in [9.17, 15) is 4.79 Å². The van der Waals surface area contributed by atoms with Gasteiger partial charge in [-0.3, -0.25) is 4.79 Å². The number of aromatic nitrogens is 3. The second-order valence-electron chi connectivity index (χ2n) is 7.95. The van der Waals surface area contributed by atoms with E-state index >= 15 is 0 Å². The van der Waals surface area contributed by atoms with Gasteiger partial charge in [0, 0.05) is 27.6 Å². The van der Waals surface area contributed by atoms with Crippen LogP contribution in [-0.4, -0.2) is 32.0 Å². The molecular weight excluding hydrogens is 444 g/mol. The molecule has 2 heterocycles. The van der Waals surface area contributed by atoms with Crippen molar-refractivity contribution in [3.05, 3.63) is 76.1 Å². The summed E-state index contributed by atoms with van der Waals surface area (Å²) in [5, 5.41) is 11.8. The van der Waals surface area contributed by atoms with Gasteiger partial charge in [0.05, 0.1) is 18.7 Å². The minimum atomic E-state index is 0.0276. The maximum absolute atomic E-state index is 13.1. The van der Waals surface area contributed by atoms with Crippen LogP contribution in [0.4, 0.5) is 0 Å². The second-order valence-corrected chi connectivity index (χ2v) is 9.25. The monoisotopic (exact) mass is 464 g/mol. The molecule has 0 atom stereocenters. The number of aryl methyl sites for hydroxylation is 1. The van der Waals surface area contributed by atoms with Crippen LogP contribution < -0.4 is 0 Å². The summed E-state index contributed by atoms with van der Waals surface area (Å²) >= 11 is 7.51. The van der Waals surface area contributed by atoms with Crippen LogP contribution in [0.3, 0.4) is 0 Å². The SMILES string of the molecule is Cc1cccc(-c2nc(CC(=O)N(Cc3nnc(-c4ccc(Cl)cc4)o3)C3CC3)cs2)c1. The lowest BCUT2D eigenvalue weighted by atomic mass is 10.1. The van der Waals surface area contributed by atoms with Crippen LogP contribution in [0.2, 0.25) is 5.02 Å². The molecule has 32 heavy (non-hydrogen) atoms. The van der Waals surface area contributed by atoms with Crippen molar-refractivity contribution in [3.63, 3.8) is 0 Å². The average Bonchev–Trinajstić information content (AvgIpc) is 3.33. The number of carbonyl (C=O) groups excluding carboxylic acids is 1. The first-order chi connectivity index (χ1) is 15.5. The number of thiazole rings is 1. The summed E-state index contributed by atoms with van der Waals surface area (Å²) in [6.07, 6.45) is 2.25. The first kappa shape index (κ1) is 20.8. The average molecular weight is 465 g/mol. The molecule has 1 saturated carbocycles. The fraction of sp³-hybridized carbons (Fsp3) is 0.250. The second kappa shape index (κ2) is 8.84. The Bertz CT molecular complexity index is 1250. The molecule has 5 rings (SSSR count). The molecule has 1 fully saturated rings. The van der Waals surface area contributed by atoms with E-state index in [4.69, 9.17) is 21.0 Å². The van der Waals surface area contributed by atoms with E-state index in [1.165, 1.54) is 5.56 Å². The molecule has 8 heteroatoms. The van der Waals surface area contributed by atoms with Gasteiger partial charge in [0.25, 0.3) is 0 Å². The predicted molar refractivity (Wildman–Crippen MR) is 124 cm³/mol. The molecule has 0 N–H and O–H groups in total. The largest absolute Gasteiger partial charge is 0.419 e. The molecule has 1 aliphatic carbocycles. The molecule has 4 aromatic rings. The molecule has 0 radical (unpaired) electrons. The van der Waals surface area contributed by atoms with Gasteiger partial charge in [-0.25, -0.2) is 4.98 Å². The lowest BCUT2D eigenvalue weighted by molar-refractivity contribution is -0.132. The molecule has 0 aliphatic heterocycles. The van der Waals surface area contributed by atoms with Crippen LogP contribution in [-0.2, 0) is 17.8 Å². The highest BCUT2D eigenvalue weighted by Crippen LogP contribution is 2.30. The normalized spacial score (nSPS) is 13.3. The molecule has 1 amide bonds. The van der Waals surface area contributed by atoms with Crippen LogP contribution in [0.5, 0.6) is 0 Å². The van der Waals surface area contributed by atoms with Crippen molar-refractivity contribution in [2.75, 3.05) is 0 Å². The zero-order valence-corrected chi connectivity index (χ0v) is 19.1. The first-order valence-corrected chi connectivity index (χ1v) is 11.7. The van der Waals surface area contributed by atoms with E-state index in [0.717, 1.165) is 34.7 Å². The number of amides is 1. The number of hydrogen-bond acceptors (Lipinski definition) is 6. The highest BCUT2D eigenvalue weighted by atomic mass is 35.5. The third-order valence-corrected chi connectivity index (χ3v) is 6.51. The van der Waals surface area contributed by atoms with Gasteiger partial charge in [-0.05, 0) is 50.1 Å². The van der Waals surface area contributed by atoms with Crippen LogP contribution in [0.1, 0.15) is 30.0 Å². The molecule has 2 aromatic carbocycles. The van der Waals surface area contributed by atoms with Gasteiger partial charge in [-0.2, -0.15) is 0 Å². The summed E-state index contributed by atoms with van der Waals surface area (Å²) < 4.78 is 5.82. The summed E-state index contributed by atoms with van der Waals surface area (Å²) in [5.74, 6) is 0.871. The number of hydrogen-bond donors (Lipinski definition) is 0. The van der Waals surface area contributed by atoms with Crippen molar-refractivity contribution in [3.8, 4) is 22.0 Å². The predicted octanol–water partition coefficient (Wildman–Crippen LogP) is 5.56. The first-order valence-electron chi connectivity index (χ1n) is 10.4. The van der Waals surface area contributed by atoms with Crippen molar-refractivity contribution in [1.82, 2.24) is 20.1 Å². The standard InChI is InChI=1S/C24H21ClN4O2S/c1-15-3-2-4-17(11-15)24-26-19(14-32-24)12-22(30)29(20-9-10-20)13-21-27-28-23(31-21)16-5-7-18(25)8-6-16/h2-8,11,14,20H,9-10,12-13H2,1H3. The minimum Gasteiger partial charge on any atom is -0.419 e. The van der Waals surface area contributed by atoms with Crippen LogP contribution in [0.25, 0.3) is 22.0 Å². The molecule has 1 aliphatic rings. The maximum Gasteiger partial charge on any atom is 0.247 e. The van der Waals surface area contributed by atoms with Crippen molar-refractivity contribution < 1.29 is 9.21 Å². The zero-order valence-electron chi connectivity index (χ0n) is 17.5. The molecule has 0 saturated heterocycles.